The highest BCUT2D eigenvalue weighted by Gasteiger charge is 2.19. The second kappa shape index (κ2) is 9.10. The maximum atomic E-state index is 12.4. The van der Waals surface area contributed by atoms with E-state index in [1.54, 1.807) is 4.90 Å². The average molecular weight is 294 g/mol. The van der Waals surface area contributed by atoms with Gasteiger partial charge in [0.05, 0.1) is 12.5 Å². The molecule has 0 heterocycles. The first-order valence-corrected chi connectivity index (χ1v) is 6.88. The fourth-order valence-corrected chi connectivity index (χ4v) is 1.96. The number of anilines is 1. The summed E-state index contributed by atoms with van der Waals surface area (Å²) in [5, 5.41) is 8.72. The molecule has 0 spiro atoms. The van der Waals surface area contributed by atoms with Crippen LogP contribution >= 0.6 is 0 Å². The Hall–Kier alpha value is -1.92. The summed E-state index contributed by atoms with van der Waals surface area (Å²) >= 11 is 0. The van der Waals surface area contributed by atoms with Crippen molar-refractivity contribution in [2.75, 3.05) is 25.1 Å². The van der Waals surface area contributed by atoms with Crippen LogP contribution < -0.4 is 10.6 Å². The molecule has 1 aromatic carbocycles. The Morgan fingerprint density at radius 1 is 1.33 bits per heavy atom. The highest BCUT2D eigenvalue weighted by atomic mass is 16.5. The lowest BCUT2D eigenvalue weighted by Crippen LogP contribution is -2.37. The van der Waals surface area contributed by atoms with Gasteiger partial charge in [0.15, 0.2) is 0 Å². The summed E-state index contributed by atoms with van der Waals surface area (Å²) in [6, 6.07) is 9.18. The van der Waals surface area contributed by atoms with Crippen LogP contribution in [0.5, 0.6) is 0 Å². The largest absolute Gasteiger partial charge is 0.481 e. The molecule has 116 valence electrons. The Kier molecular flexibility index (Phi) is 7.42. The molecule has 0 bridgehead atoms. The molecule has 6 nitrogen and oxygen atoms in total. The Morgan fingerprint density at radius 3 is 2.52 bits per heavy atom. The van der Waals surface area contributed by atoms with Crippen LogP contribution in [0.15, 0.2) is 30.3 Å². The van der Waals surface area contributed by atoms with Crippen molar-refractivity contribution in [2.24, 2.45) is 5.73 Å². The van der Waals surface area contributed by atoms with Gasteiger partial charge in [0, 0.05) is 32.3 Å². The number of carboxylic acid groups (broad SMARTS) is 1. The minimum absolute atomic E-state index is 0.0290. The topological polar surface area (TPSA) is 92.9 Å². The molecule has 3 N–H and O–H groups in total. The van der Waals surface area contributed by atoms with E-state index in [-0.39, 0.29) is 31.4 Å². The predicted octanol–water partition coefficient (Wildman–Crippen LogP) is 1.25. The summed E-state index contributed by atoms with van der Waals surface area (Å²) in [5.74, 6) is -0.990. The third-order valence-electron chi connectivity index (χ3n) is 3.14. The minimum atomic E-state index is -0.868. The molecule has 0 aliphatic rings. The van der Waals surface area contributed by atoms with Crippen LogP contribution in [-0.2, 0) is 14.3 Å². The van der Waals surface area contributed by atoms with Gasteiger partial charge in [0.1, 0.15) is 0 Å². The molecule has 1 unspecified atom stereocenters. The zero-order chi connectivity index (χ0) is 15.7. The number of para-hydroxylation sites is 1. The number of nitrogens with two attached hydrogens (primary N) is 1. The third kappa shape index (κ3) is 5.93. The van der Waals surface area contributed by atoms with Crippen molar-refractivity contribution in [3.63, 3.8) is 0 Å². The Labute approximate surface area is 124 Å². The summed E-state index contributed by atoms with van der Waals surface area (Å²) in [6.07, 6.45) is 0.273. The summed E-state index contributed by atoms with van der Waals surface area (Å²) in [6.45, 7) is 0.621. The number of methoxy groups -OCH3 is 1. The molecule has 0 radical (unpaired) electrons. The van der Waals surface area contributed by atoms with Crippen LogP contribution in [0, 0.1) is 0 Å². The number of carbonyl (C=O) groups is 2. The molecule has 0 aliphatic carbocycles. The van der Waals surface area contributed by atoms with E-state index in [0.717, 1.165) is 5.69 Å². The lowest BCUT2D eigenvalue weighted by atomic mass is 10.2. The fourth-order valence-electron chi connectivity index (χ4n) is 1.96. The standard InChI is InChI=1S/C15H22N2O4/c1-21-13(11-16)10-14(18)17(9-5-8-15(19)20)12-6-3-2-4-7-12/h2-4,6-7,13H,5,8-11,16H2,1H3,(H,19,20). The highest BCUT2D eigenvalue weighted by Crippen LogP contribution is 2.16. The first kappa shape index (κ1) is 17.1. The molecule has 0 saturated heterocycles. The predicted molar refractivity (Wildman–Crippen MR) is 80.1 cm³/mol. The van der Waals surface area contributed by atoms with E-state index in [0.29, 0.717) is 13.0 Å². The van der Waals surface area contributed by atoms with Crippen LogP contribution in [0.3, 0.4) is 0 Å². The molecule has 0 fully saturated rings. The quantitative estimate of drug-likeness (QED) is 0.715. The normalized spacial score (nSPS) is 11.9. The number of rotatable bonds is 9. The molecule has 0 saturated carbocycles. The average Bonchev–Trinajstić information content (AvgIpc) is 2.49. The maximum absolute atomic E-state index is 12.4. The summed E-state index contributed by atoms with van der Waals surface area (Å²) in [7, 11) is 1.52. The zero-order valence-corrected chi connectivity index (χ0v) is 12.2. The molecule has 6 heteroatoms. The van der Waals surface area contributed by atoms with Crippen molar-refractivity contribution in [2.45, 2.75) is 25.4 Å². The van der Waals surface area contributed by atoms with Gasteiger partial charge in [0.25, 0.3) is 0 Å². The number of nitrogens with zero attached hydrogens (tertiary/aromatic N) is 1. The molecule has 1 rings (SSSR count). The molecule has 0 aromatic heterocycles. The molecule has 1 amide bonds. The number of hydrogen-bond donors (Lipinski definition) is 2. The van der Waals surface area contributed by atoms with Crippen molar-refractivity contribution < 1.29 is 19.4 Å². The van der Waals surface area contributed by atoms with E-state index >= 15 is 0 Å². The van der Waals surface area contributed by atoms with Crippen LogP contribution in [0.2, 0.25) is 0 Å². The lowest BCUT2D eigenvalue weighted by molar-refractivity contribution is -0.137. The van der Waals surface area contributed by atoms with Gasteiger partial charge in [0.2, 0.25) is 5.91 Å². The van der Waals surface area contributed by atoms with Gasteiger partial charge >= 0.3 is 5.97 Å². The zero-order valence-electron chi connectivity index (χ0n) is 12.2. The fraction of sp³-hybridized carbons (Fsp3) is 0.467. The third-order valence-corrected chi connectivity index (χ3v) is 3.14. The van der Waals surface area contributed by atoms with Crippen molar-refractivity contribution in [3.05, 3.63) is 30.3 Å². The van der Waals surface area contributed by atoms with Gasteiger partial charge in [-0.05, 0) is 18.6 Å². The van der Waals surface area contributed by atoms with E-state index in [2.05, 4.69) is 0 Å². The van der Waals surface area contributed by atoms with Crippen LogP contribution in [0.4, 0.5) is 5.69 Å². The van der Waals surface area contributed by atoms with Gasteiger partial charge < -0.3 is 20.5 Å². The Bertz CT molecular complexity index is 446. The van der Waals surface area contributed by atoms with Crippen molar-refractivity contribution in [3.8, 4) is 0 Å². The number of hydrogen-bond acceptors (Lipinski definition) is 4. The first-order valence-electron chi connectivity index (χ1n) is 6.88. The van der Waals surface area contributed by atoms with E-state index < -0.39 is 5.97 Å². The number of amides is 1. The van der Waals surface area contributed by atoms with E-state index in [1.165, 1.54) is 7.11 Å². The van der Waals surface area contributed by atoms with Crippen molar-refractivity contribution in [1.82, 2.24) is 0 Å². The van der Waals surface area contributed by atoms with Gasteiger partial charge in [-0.15, -0.1) is 0 Å². The van der Waals surface area contributed by atoms with E-state index in [1.807, 2.05) is 30.3 Å². The van der Waals surface area contributed by atoms with Crippen LogP contribution in [0.25, 0.3) is 0 Å². The van der Waals surface area contributed by atoms with E-state index in [4.69, 9.17) is 15.6 Å². The summed E-state index contributed by atoms with van der Waals surface area (Å²) in [5.41, 5.74) is 6.29. The maximum Gasteiger partial charge on any atom is 0.303 e. The SMILES string of the molecule is COC(CN)CC(=O)N(CCCC(=O)O)c1ccccc1. The lowest BCUT2D eigenvalue weighted by Gasteiger charge is -2.24. The Balaban J connectivity index is 2.76. The smallest absolute Gasteiger partial charge is 0.303 e. The molecule has 1 atom stereocenters. The van der Waals surface area contributed by atoms with Crippen LogP contribution in [-0.4, -0.2) is 43.3 Å². The monoisotopic (exact) mass is 294 g/mol. The number of ether oxygens (including phenoxy) is 1. The van der Waals surface area contributed by atoms with Gasteiger partial charge in [-0.25, -0.2) is 0 Å². The first-order chi connectivity index (χ1) is 10.1. The number of carbonyl (C=O) groups excluding carboxylic acids is 1. The molecular weight excluding hydrogens is 272 g/mol. The molecular formula is C15H22N2O4. The second-order valence-corrected chi connectivity index (χ2v) is 4.68. The molecule has 21 heavy (non-hydrogen) atoms. The summed E-state index contributed by atoms with van der Waals surface area (Å²) in [4.78, 5) is 24.6. The van der Waals surface area contributed by atoms with Gasteiger partial charge in [-0.1, -0.05) is 18.2 Å². The molecule has 0 aliphatic heterocycles. The second-order valence-electron chi connectivity index (χ2n) is 4.68. The number of carboxylic acids is 1. The van der Waals surface area contributed by atoms with Gasteiger partial charge in [-0.2, -0.15) is 0 Å². The van der Waals surface area contributed by atoms with Gasteiger partial charge in [-0.3, -0.25) is 9.59 Å². The van der Waals surface area contributed by atoms with Crippen molar-refractivity contribution in [1.29, 1.82) is 0 Å². The van der Waals surface area contributed by atoms with Crippen molar-refractivity contribution >= 4 is 17.6 Å². The number of aliphatic carboxylic acids is 1. The minimum Gasteiger partial charge on any atom is -0.481 e. The Morgan fingerprint density at radius 2 is 2.00 bits per heavy atom. The molecule has 1 aromatic rings. The highest BCUT2D eigenvalue weighted by molar-refractivity contribution is 5.93. The number of benzene rings is 1. The summed E-state index contributed by atoms with van der Waals surface area (Å²) < 4.78 is 5.13. The van der Waals surface area contributed by atoms with E-state index in [9.17, 15) is 9.59 Å². The van der Waals surface area contributed by atoms with Crippen LogP contribution in [0.1, 0.15) is 19.3 Å².